The largest absolute Gasteiger partial charge is 0.493 e. The summed E-state index contributed by atoms with van der Waals surface area (Å²) in [4.78, 5) is 0. The molecule has 2 atom stereocenters. The number of hydrogen-bond acceptors (Lipinski definition) is 7. The maximum absolute atomic E-state index is 11.3. The highest BCUT2D eigenvalue weighted by Crippen LogP contribution is 2.56. The molecule has 2 aromatic rings. The van der Waals surface area contributed by atoms with E-state index in [0.29, 0.717) is 47.3 Å². The van der Waals surface area contributed by atoms with Crippen molar-refractivity contribution >= 4 is 0 Å². The van der Waals surface area contributed by atoms with Gasteiger partial charge in [0, 0.05) is 17.5 Å². The van der Waals surface area contributed by atoms with Crippen LogP contribution in [0.1, 0.15) is 25.0 Å². The maximum atomic E-state index is 11.3. The minimum atomic E-state index is -0.939. The van der Waals surface area contributed by atoms with Crippen LogP contribution in [-0.4, -0.2) is 45.9 Å². The van der Waals surface area contributed by atoms with Crippen LogP contribution in [0.5, 0.6) is 34.5 Å². The van der Waals surface area contributed by atoms with Gasteiger partial charge in [0.15, 0.2) is 23.0 Å². The van der Waals surface area contributed by atoms with Crippen LogP contribution in [0.25, 0.3) is 11.1 Å². The number of ether oxygens (including phenoxy) is 6. The van der Waals surface area contributed by atoms with Gasteiger partial charge in [-0.25, -0.2) is 0 Å². The van der Waals surface area contributed by atoms with Gasteiger partial charge in [0.1, 0.15) is 0 Å². The van der Waals surface area contributed by atoms with E-state index in [1.54, 1.807) is 28.4 Å². The highest BCUT2D eigenvalue weighted by molar-refractivity contribution is 5.88. The highest BCUT2D eigenvalue weighted by Gasteiger charge is 2.38. The van der Waals surface area contributed by atoms with Crippen LogP contribution in [0.4, 0.5) is 0 Å². The summed E-state index contributed by atoms with van der Waals surface area (Å²) < 4.78 is 34.2. The van der Waals surface area contributed by atoms with Crippen LogP contribution in [0.3, 0.4) is 0 Å². The van der Waals surface area contributed by atoms with E-state index >= 15 is 0 Å². The number of methoxy groups -OCH3 is 4. The summed E-state index contributed by atoms with van der Waals surface area (Å²) in [5, 5.41) is 11.3. The molecule has 2 aromatic carbocycles. The molecular weight excluding hydrogens is 388 g/mol. The predicted molar refractivity (Wildman–Crippen MR) is 111 cm³/mol. The molecule has 1 N–H and O–H groups in total. The molecule has 0 spiro atoms. The Morgan fingerprint density at radius 1 is 0.900 bits per heavy atom. The van der Waals surface area contributed by atoms with E-state index in [-0.39, 0.29) is 12.7 Å². The molecule has 0 aromatic heterocycles. The van der Waals surface area contributed by atoms with E-state index in [0.717, 1.165) is 22.3 Å². The van der Waals surface area contributed by atoms with Crippen molar-refractivity contribution in [3.63, 3.8) is 0 Å². The first-order valence-electron chi connectivity index (χ1n) is 9.90. The Labute approximate surface area is 176 Å². The highest BCUT2D eigenvalue weighted by atomic mass is 16.7. The second-order valence-electron chi connectivity index (χ2n) is 8.00. The number of fused-ring (bicyclic) bond motifs is 4. The molecule has 0 amide bonds. The summed E-state index contributed by atoms with van der Waals surface area (Å²) in [5.74, 6) is 3.31. The molecule has 1 heterocycles. The first kappa shape index (κ1) is 20.5. The van der Waals surface area contributed by atoms with E-state index in [1.807, 2.05) is 26.0 Å². The Morgan fingerprint density at radius 2 is 1.57 bits per heavy atom. The van der Waals surface area contributed by atoms with Crippen LogP contribution in [0.15, 0.2) is 12.1 Å². The predicted octanol–water partition coefficient (Wildman–Crippen LogP) is 3.60. The second kappa shape index (κ2) is 7.47. The van der Waals surface area contributed by atoms with Crippen LogP contribution in [0, 0.1) is 5.92 Å². The average Bonchev–Trinajstić information content (AvgIpc) is 3.19. The molecule has 0 saturated heterocycles. The maximum Gasteiger partial charge on any atom is 0.231 e. The average molecular weight is 416 g/mol. The van der Waals surface area contributed by atoms with Crippen molar-refractivity contribution in [3.8, 4) is 45.6 Å². The van der Waals surface area contributed by atoms with Gasteiger partial charge in [0.25, 0.3) is 0 Å². The van der Waals surface area contributed by atoms with Gasteiger partial charge in [-0.1, -0.05) is 6.92 Å². The Balaban J connectivity index is 2.14. The first-order valence-corrected chi connectivity index (χ1v) is 9.90. The van der Waals surface area contributed by atoms with Gasteiger partial charge in [-0.05, 0) is 42.5 Å². The molecule has 0 saturated carbocycles. The Hall–Kier alpha value is -2.80. The fraction of sp³-hybridized carbons (Fsp3) is 0.478. The molecule has 1 aliphatic heterocycles. The Morgan fingerprint density at radius 3 is 2.20 bits per heavy atom. The summed E-state index contributed by atoms with van der Waals surface area (Å²) in [6.45, 7) is 4.03. The third kappa shape index (κ3) is 2.99. The van der Waals surface area contributed by atoms with Gasteiger partial charge < -0.3 is 33.5 Å². The standard InChI is InChI=1S/C23H28O7/c1-12-7-13-8-15(25-3)19(26-4)21(27-5)17(13)18-14(10-23(12,2)24)9-16-20(22(18)28-6)30-11-29-16/h8-9,12,24H,7,10-11H2,1-6H3/t12-,23-/m0/s1. The molecule has 7 heteroatoms. The second-order valence-corrected chi connectivity index (χ2v) is 8.00. The SMILES string of the molecule is COc1cc2c(c(OC)c1OC)-c1c(cc3c(c1OC)OCO3)C[C@](C)(O)[C@@H](C)C2. The minimum Gasteiger partial charge on any atom is -0.493 e. The molecule has 30 heavy (non-hydrogen) atoms. The molecule has 0 unspecified atom stereocenters. The molecular formula is C23H28O7. The van der Waals surface area contributed by atoms with Crippen molar-refractivity contribution < 1.29 is 33.5 Å². The lowest BCUT2D eigenvalue weighted by molar-refractivity contribution is 0.00631. The minimum absolute atomic E-state index is 0.0244. The van der Waals surface area contributed by atoms with Crippen molar-refractivity contribution in [2.75, 3.05) is 35.2 Å². The zero-order valence-electron chi connectivity index (χ0n) is 18.3. The van der Waals surface area contributed by atoms with Crippen molar-refractivity contribution in [2.45, 2.75) is 32.3 Å². The Bertz CT molecular complexity index is 980. The fourth-order valence-corrected chi connectivity index (χ4v) is 4.42. The fourth-order valence-electron chi connectivity index (χ4n) is 4.42. The summed E-state index contributed by atoms with van der Waals surface area (Å²) >= 11 is 0. The van der Waals surface area contributed by atoms with E-state index in [9.17, 15) is 5.11 Å². The van der Waals surface area contributed by atoms with Gasteiger partial charge in [-0.3, -0.25) is 0 Å². The molecule has 1 aliphatic carbocycles. The smallest absolute Gasteiger partial charge is 0.231 e. The van der Waals surface area contributed by atoms with E-state index in [2.05, 4.69) is 0 Å². The molecule has 7 nitrogen and oxygen atoms in total. The monoisotopic (exact) mass is 416 g/mol. The van der Waals surface area contributed by atoms with Crippen molar-refractivity contribution in [1.29, 1.82) is 0 Å². The molecule has 0 fully saturated rings. The van der Waals surface area contributed by atoms with Gasteiger partial charge in [0.05, 0.1) is 34.0 Å². The summed E-state index contributed by atoms with van der Waals surface area (Å²) in [5.41, 5.74) is 2.57. The summed E-state index contributed by atoms with van der Waals surface area (Å²) in [6.07, 6.45) is 1.05. The van der Waals surface area contributed by atoms with Crippen LogP contribution in [-0.2, 0) is 12.8 Å². The first-order chi connectivity index (χ1) is 14.4. The Kier molecular flexibility index (Phi) is 5.10. The normalized spacial score (nSPS) is 21.8. The van der Waals surface area contributed by atoms with E-state index < -0.39 is 5.60 Å². The van der Waals surface area contributed by atoms with Gasteiger partial charge in [0.2, 0.25) is 18.3 Å². The molecule has 162 valence electrons. The van der Waals surface area contributed by atoms with Crippen molar-refractivity contribution in [2.24, 2.45) is 5.92 Å². The lowest BCUT2D eigenvalue weighted by Gasteiger charge is -2.35. The molecule has 4 rings (SSSR count). The number of hydrogen-bond donors (Lipinski definition) is 1. The third-order valence-corrected chi connectivity index (χ3v) is 6.20. The van der Waals surface area contributed by atoms with Crippen LogP contribution in [0.2, 0.25) is 0 Å². The topological polar surface area (TPSA) is 75.6 Å². The number of aliphatic hydroxyl groups is 1. The van der Waals surface area contributed by atoms with E-state index in [4.69, 9.17) is 28.4 Å². The lowest BCUT2D eigenvalue weighted by Crippen LogP contribution is -2.37. The summed E-state index contributed by atoms with van der Waals surface area (Å²) in [7, 11) is 6.39. The molecule has 0 radical (unpaired) electrons. The summed E-state index contributed by atoms with van der Waals surface area (Å²) in [6, 6.07) is 3.87. The zero-order valence-corrected chi connectivity index (χ0v) is 18.3. The van der Waals surface area contributed by atoms with Gasteiger partial charge in [-0.15, -0.1) is 0 Å². The molecule has 0 bridgehead atoms. The third-order valence-electron chi connectivity index (χ3n) is 6.20. The van der Waals surface area contributed by atoms with Crippen LogP contribution >= 0.6 is 0 Å². The lowest BCUT2D eigenvalue weighted by atomic mass is 9.75. The van der Waals surface area contributed by atoms with Crippen molar-refractivity contribution in [1.82, 2.24) is 0 Å². The van der Waals surface area contributed by atoms with Gasteiger partial charge >= 0.3 is 0 Å². The quantitative estimate of drug-likeness (QED) is 0.816. The molecule has 2 aliphatic rings. The number of benzene rings is 2. The van der Waals surface area contributed by atoms with Crippen LogP contribution < -0.4 is 28.4 Å². The van der Waals surface area contributed by atoms with E-state index in [1.165, 1.54) is 0 Å². The van der Waals surface area contributed by atoms with Gasteiger partial charge in [-0.2, -0.15) is 0 Å². The zero-order chi connectivity index (χ0) is 21.6. The van der Waals surface area contributed by atoms with Crippen molar-refractivity contribution in [3.05, 3.63) is 23.3 Å². The number of rotatable bonds is 4.